The first-order valence-corrected chi connectivity index (χ1v) is 7.75. The van der Waals surface area contributed by atoms with Crippen molar-refractivity contribution >= 4 is 33.5 Å². The van der Waals surface area contributed by atoms with Gasteiger partial charge in [0.25, 0.3) is 5.91 Å². The monoisotopic (exact) mass is 351 g/mol. The highest BCUT2D eigenvalue weighted by Gasteiger charge is 2.17. The lowest BCUT2D eigenvalue weighted by Gasteiger charge is -2.12. The Morgan fingerprint density at radius 3 is 2.50 bits per heavy atom. The molecular weight excluding hydrogens is 337 g/mol. The van der Waals surface area contributed by atoms with Crippen LogP contribution >= 0.6 is 0 Å². The van der Waals surface area contributed by atoms with Gasteiger partial charge >= 0.3 is 5.69 Å². The standard InChI is InChI=1S/C18H14FN5O2/c1-7-2-13-14(24-18(26)23-13)5-9(7)10-3-8(19)4-11-15(20)12(17(21)25)6-22-16(10)11/h2-6H,1H3,(H2,20,22)(H2,21,25)(H2,23,24,26). The van der Waals surface area contributed by atoms with Crippen LogP contribution in [0.5, 0.6) is 0 Å². The molecule has 0 saturated heterocycles. The van der Waals surface area contributed by atoms with Crippen LogP contribution in [0.3, 0.4) is 0 Å². The number of aryl methyl sites for hydroxylation is 1. The van der Waals surface area contributed by atoms with E-state index in [1.54, 1.807) is 12.1 Å². The molecule has 0 radical (unpaired) electrons. The molecule has 0 aliphatic rings. The number of nitrogen functional groups attached to an aromatic ring is 1. The second-order valence-electron chi connectivity index (χ2n) is 6.09. The summed E-state index contributed by atoms with van der Waals surface area (Å²) in [6, 6.07) is 6.11. The summed E-state index contributed by atoms with van der Waals surface area (Å²) in [6.45, 7) is 1.85. The molecule has 0 saturated carbocycles. The number of carbonyl (C=O) groups excluding carboxylic acids is 1. The molecule has 2 aromatic carbocycles. The van der Waals surface area contributed by atoms with Crippen LogP contribution in [0, 0.1) is 12.7 Å². The molecule has 130 valence electrons. The normalized spacial score (nSPS) is 11.3. The van der Waals surface area contributed by atoms with Gasteiger partial charge in [-0.25, -0.2) is 9.18 Å². The molecule has 0 unspecified atom stereocenters. The Morgan fingerprint density at radius 2 is 1.81 bits per heavy atom. The number of carbonyl (C=O) groups is 1. The second-order valence-corrected chi connectivity index (χ2v) is 6.09. The first-order chi connectivity index (χ1) is 12.3. The van der Waals surface area contributed by atoms with Gasteiger partial charge in [0.1, 0.15) is 5.82 Å². The molecule has 4 rings (SSSR count). The van der Waals surface area contributed by atoms with E-state index in [-0.39, 0.29) is 16.9 Å². The van der Waals surface area contributed by atoms with Crippen molar-refractivity contribution < 1.29 is 9.18 Å². The number of aromatic nitrogens is 3. The van der Waals surface area contributed by atoms with Crippen LogP contribution in [0.15, 0.2) is 35.3 Å². The first-order valence-electron chi connectivity index (χ1n) is 7.75. The Kier molecular flexibility index (Phi) is 3.30. The summed E-state index contributed by atoms with van der Waals surface area (Å²) in [4.78, 5) is 32.6. The fourth-order valence-corrected chi connectivity index (χ4v) is 3.17. The fourth-order valence-electron chi connectivity index (χ4n) is 3.17. The van der Waals surface area contributed by atoms with Gasteiger partial charge in [-0.3, -0.25) is 9.78 Å². The average molecular weight is 351 g/mol. The number of primary amides is 1. The first kappa shape index (κ1) is 15.8. The number of nitrogens with one attached hydrogen (secondary N) is 2. The summed E-state index contributed by atoms with van der Waals surface area (Å²) in [6.07, 6.45) is 1.29. The third-order valence-electron chi connectivity index (χ3n) is 4.39. The van der Waals surface area contributed by atoms with Gasteiger partial charge in [-0.1, -0.05) is 0 Å². The largest absolute Gasteiger partial charge is 0.397 e. The van der Waals surface area contributed by atoms with E-state index in [1.165, 1.54) is 18.3 Å². The highest BCUT2D eigenvalue weighted by molar-refractivity contribution is 6.09. The van der Waals surface area contributed by atoms with Gasteiger partial charge in [0.15, 0.2) is 0 Å². The van der Waals surface area contributed by atoms with Crippen LogP contribution in [0.1, 0.15) is 15.9 Å². The van der Waals surface area contributed by atoms with Gasteiger partial charge in [0.05, 0.1) is 27.8 Å². The molecule has 26 heavy (non-hydrogen) atoms. The minimum Gasteiger partial charge on any atom is -0.397 e. The third-order valence-corrected chi connectivity index (χ3v) is 4.39. The zero-order valence-corrected chi connectivity index (χ0v) is 13.7. The maximum absolute atomic E-state index is 14.3. The highest BCUT2D eigenvalue weighted by Crippen LogP contribution is 2.35. The zero-order valence-electron chi connectivity index (χ0n) is 13.7. The number of amides is 1. The zero-order chi connectivity index (χ0) is 18.6. The maximum Gasteiger partial charge on any atom is 0.323 e. The number of hydrogen-bond donors (Lipinski definition) is 4. The van der Waals surface area contributed by atoms with E-state index >= 15 is 0 Å². The van der Waals surface area contributed by atoms with Crippen molar-refractivity contribution in [3.63, 3.8) is 0 Å². The summed E-state index contributed by atoms with van der Waals surface area (Å²) in [5.74, 6) is -1.25. The van der Waals surface area contributed by atoms with Crippen LogP contribution in [-0.2, 0) is 0 Å². The van der Waals surface area contributed by atoms with Gasteiger partial charge in [0, 0.05) is 17.1 Å². The Balaban J connectivity index is 2.08. The summed E-state index contributed by atoms with van der Waals surface area (Å²) >= 11 is 0. The van der Waals surface area contributed by atoms with E-state index in [0.29, 0.717) is 33.1 Å². The van der Waals surface area contributed by atoms with Crippen LogP contribution in [0.25, 0.3) is 33.1 Å². The molecule has 7 nitrogen and oxygen atoms in total. The van der Waals surface area contributed by atoms with Crippen LogP contribution < -0.4 is 17.2 Å². The number of H-pyrrole nitrogens is 2. The van der Waals surface area contributed by atoms with Crippen molar-refractivity contribution in [2.45, 2.75) is 6.92 Å². The molecule has 0 bridgehead atoms. The van der Waals surface area contributed by atoms with Crippen molar-refractivity contribution in [1.29, 1.82) is 0 Å². The fraction of sp³-hybridized carbons (Fsp3) is 0.0556. The molecule has 0 atom stereocenters. The smallest absolute Gasteiger partial charge is 0.323 e. The van der Waals surface area contributed by atoms with E-state index in [2.05, 4.69) is 15.0 Å². The number of halogens is 1. The quantitative estimate of drug-likeness (QED) is 0.441. The summed E-state index contributed by atoms with van der Waals surface area (Å²) in [7, 11) is 0. The predicted octanol–water partition coefficient (Wildman–Crippen LogP) is 2.20. The van der Waals surface area contributed by atoms with Gasteiger partial charge in [0.2, 0.25) is 0 Å². The average Bonchev–Trinajstić information content (AvgIpc) is 2.93. The van der Waals surface area contributed by atoms with E-state index in [4.69, 9.17) is 11.5 Å². The highest BCUT2D eigenvalue weighted by atomic mass is 19.1. The van der Waals surface area contributed by atoms with Crippen LogP contribution in [0.2, 0.25) is 0 Å². The minimum absolute atomic E-state index is 0.0381. The summed E-state index contributed by atoms with van der Waals surface area (Å²) < 4.78 is 14.3. The number of rotatable bonds is 2. The Labute approximate surface area is 145 Å². The molecule has 0 fully saturated rings. The van der Waals surface area contributed by atoms with Gasteiger partial charge in [-0.15, -0.1) is 0 Å². The van der Waals surface area contributed by atoms with E-state index in [0.717, 1.165) is 5.56 Å². The van der Waals surface area contributed by atoms with Crippen LogP contribution in [0.4, 0.5) is 10.1 Å². The van der Waals surface area contributed by atoms with Crippen molar-refractivity contribution in [2.75, 3.05) is 5.73 Å². The Morgan fingerprint density at radius 1 is 1.12 bits per heavy atom. The number of aromatic amines is 2. The number of fused-ring (bicyclic) bond motifs is 2. The third kappa shape index (κ3) is 2.31. The maximum atomic E-state index is 14.3. The summed E-state index contributed by atoms with van der Waals surface area (Å²) in [5, 5.41) is 0.304. The van der Waals surface area contributed by atoms with Crippen molar-refractivity contribution in [2.24, 2.45) is 5.73 Å². The second kappa shape index (κ2) is 5.41. The topological polar surface area (TPSA) is 131 Å². The number of imidazole rings is 1. The predicted molar refractivity (Wildman–Crippen MR) is 97.3 cm³/mol. The van der Waals surface area contributed by atoms with Crippen molar-refractivity contribution in [3.8, 4) is 11.1 Å². The lowest BCUT2D eigenvalue weighted by molar-refractivity contribution is 0.100. The molecule has 6 N–H and O–H groups in total. The molecule has 0 aliphatic heterocycles. The number of benzene rings is 2. The number of pyridine rings is 1. The van der Waals surface area contributed by atoms with Crippen LogP contribution in [-0.4, -0.2) is 20.9 Å². The molecule has 2 heterocycles. The summed E-state index contributed by atoms with van der Waals surface area (Å²) in [5.41, 5.74) is 14.8. The van der Waals surface area contributed by atoms with Crippen molar-refractivity contribution in [1.82, 2.24) is 15.0 Å². The van der Waals surface area contributed by atoms with E-state index < -0.39 is 11.7 Å². The van der Waals surface area contributed by atoms with Crippen molar-refractivity contribution in [3.05, 3.63) is 57.9 Å². The SMILES string of the molecule is Cc1cc2[nH]c(=O)[nH]c2cc1-c1cc(F)cc2c(N)c(C(N)=O)cnc12. The van der Waals surface area contributed by atoms with E-state index in [9.17, 15) is 14.0 Å². The van der Waals surface area contributed by atoms with Gasteiger partial charge in [-0.05, 0) is 42.3 Å². The Bertz CT molecular complexity index is 1270. The number of nitrogens with two attached hydrogens (primary N) is 2. The lowest BCUT2D eigenvalue weighted by atomic mass is 9.96. The molecular formula is C18H14FN5O2. The molecule has 0 spiro atoms. The molecule has 2 aromatic heterocycles. The molecule has 1 amide bonds. The Hall–Kier alpha value is -3.68. The number of anilines is 1. The molecule has 4 aromatic rings. The number of hydrogen-bond acceptors (Lipinski definition) is 4. The van der Waals surface area contributed by atoms with E-state index in [1.807, 2.05) is 6.92 Å². The molecule has 0 aliphatic carbocycles. The number of nitrogens with zero attached hydrogens (tertiary/aromatic N) is 1. The molecule has 8 heteroatoms. The lowest BCUT2D eigenvalue weighted by Crippen LogP contribution is -2.14. The minimum atomic E-state index is -0.731. The van der Waals surface area contributed by atoms with Gasteiger partial charge < -0.3 is 21.4 Å². The van der Waals surface area contributed by atoms with Gasteiger partial charge in [-0.2, -0.15) is 0 Å².